The summed E-state index contributed by atoms with van der Waals surface area (Å²) in [5.74, 6) is 0. The van der Waals surface area contributed by atoms with Crippen molar-refractivity contribution >= 4 is 189 Å². The molecule has 17 heteroatoms. The van der Waals surface area contributed by atoms with Crippen LogP contribution < -0.4 is 21.4 Å². The molecule has 1 saturated heterocycles. The van der Waals surface area contributed by atoms with E-state index in [1.807, 2.05) is 127 Å². The summed E-state index contributed by atoms with van der Waals surface area (Å²) >= 11 is 6.74. The summed E-state index contributed by atoms with van der Waals surface area (Å²) in [4.78, 5) is 25.8. The van der Waals surface area contributed by atoms with E-state index in [9.17, 15) is 20.2 Å². The van der Waals surface area contributed by atoms with E-state index in [0.29, 0.717) is 10.0 Å². The van der Waals surface area contributed by atoms with Crippen LogP contribution in [-0.4, -0.2) is 51.4 Å². The molecule has 0 aliphatic carbocycles. The third-order valence-electron chi connectivity index (χ3n) is 28.0. The zero-order chi connectivity index (χ0) is 102. The number of hydrogen-bond acceptors (Lipinski definition) is 6. The first-order valence-electron chi connectivity index (χ1n) is 49.6. The summed E-state index contributed by atoms with van der Waals surface area (Å²) < 4.78 is 23.4. The van der Waals surface area contributed by atoms with Gasteiger partial charge in [0.15, 0.2) is 0 Å². The van der Waals surface area contributed by atoms with Crippen molar-refractivity contribution in [3.63, 3.8) is 0 Å². The molecule has 0 amide bonds. The Labute approximate surface area is 881 Å². The largest absolute Gasteiger partial charge is 0.494 e. The number of nitrogens with zero attached hydrogens (tertiary/aromatic N) is 6. The van der Waals surface area contributed by atoms with E-state index in [2.05, 4.69) is 459 Å². The van der Waals surface area contributed by atoms with Gasteiger partial charge >= 0.3 is 7.12 Å². The van der Waals surface area contributed by atoms with Crippen LogP contribution in [0.25, 0.3) is 176 Å². The Balaban J connectivity index is 0.000000103. The van der Waals surface area contributed by atoms with E-state index in [1.54, 1.807) is 18.2 Å². The van der Waals surface area contributed by atoms with Gasteiger partial charge in [0.05, 0.1) is 75.2 Å². The number of nitro benzene ring substituents is 2. The molecule has 26 aromatic rings. The van der Waals surface area contributed by atoms with Crippen molar-refractivity contribution in [2.24, 2.45) is 0 Å². The van der Waals surface area contributed by atoms with E-state index in [0.717, 1.165) is 76.5 Å². The van der Waals surface area contributed by atoms with Crippen LogP contribution in [0.15, 0.2) is 531 Å². The van der Waals surface area contributed by atoms with Crippen LogP contribution in [0, 0.1) is 20.2 Å². The molecule has 1 aliphatic heterocycles. The predicted molar refractivity (Wildman–Crippen MR) is 630 cm³/mol. The molecule has 0 spiro atoms. The molecular formula is C132H99BBr2N7O6P. The summed E-state index contributed by atoms with van der Waals surface area (Å²) in [7, 11) is -0.799. The van der Waals surface area contributed by atoms with E-state index >= 15 is 0 Å². The van der Waals surface area contributed by atoms with Crippen molar-refractivity contribution in [1.29, 1.82) is 0 Å². The maximum atomic E-state index is 12.0. The van der Waals surface area contributed by atoms with Crippen molar-refractivity contribution in [2.75, 3.05) is 0 Å². The summed E-state index contributed by atoms with van der Waals surface area (Å²) in [5, 5.41) is 39.3. The van der Waals surface area contributed by atoms with Crippen molar-refractivity contribution in [2.45, 2.75) is 38.9 Å². The van der Waals surface area contributed by atoms with Crippen molar-refractivity contribution in [1.82, 2.24) is 23.3 Å². The lowest BCUT2D eigenvalue weighted by molar-refractivity contribution is -0.385. The van der Waals surface area contributed by atoms with Gasteiger partial charge in [-0.25, -0.2) is 0 Å². The van der Waals surface area contributed by atoms with Gasteiger partial charge in [-0.2, -0.15) is 0 Å². The molecule has 720 valence electrons. The van der Waals surface area contributed by atoms with Gasteiger partial charge in [-0.05, 0) is 251 Å². The minimum atomic E-state index is -0.446. The van der Waals surface area contributed by atoms with Crippen LogP contribution in [0.2, 0.25) is 0 Å². The number of aromatic amines is 1. The Morgan fingerprint density at radius 2 is 0.564 bits per heavy atom. The molecule has 13 nitrogen and oxygen atoms in total. The van der Waals surface area contributed by atoms with E-state index < -0.39 is 12.8 Å². The smallest absolute Gasteiger partial charge is 0.399 e. The number of benzene rings is 21. The minimum Gasteiger partial charge on any atom is -0.399 e. The second-order valence-electron chi connectivity index (χ2n) is 37.7. The quantitative estimate of drug-likeness (QED) is 0.0498. The summed E-state index contributed by atoms with van der Waals surface area (Å²) in [5.41, 5.74) is 24.5. The Bertz CT molecular complexity index is 9260. The van der Waals surface area contributed by atoms with Gasteiger partial charge < -0.3 is 32.6 Å². The van der Waals surface area contributed by atoms with E-state index in [-0.39, 0.29) is 34.6 Å². The highest BCUT2D eigenvalue weighted by Crippen LogP contribution is 2.45. The maximum Gasteiger partial charge on any atom is 0.494 e. The molecule has 1 fully saturated rings. The van der Waals surface area contributed by atoms with Gasteiger partial charge in [-0.1, -0.05) is 386 Å². The van der Waals surface area contributed by atoms with Crippen LogP contribution in [0.4, 0.5) is 11.4 Å². The summed E-state index contributed by atoms with van der Waals surface area (Å²) in [6.07, 6.45) is 0. The van der Waals surface area contributed by atoms with Crippen LogP contribution >= 0.6 is 39.8 Å². The Kier molecular flexibility index (Phi) is 27.5. The number of halogens is 2. The average Bonchev–Trinajstić information content (AvgIpc) is 1.58. The van der Waals surface area contributed by atoms with E-state index in [4.69, 9.17) is 9.31 Å². The van der Waals surface area contributed by atoms with Crippen LogP contribution in [0.5, 0.6) is 0 Å². The number of rotatable bonds is 14. The van der Waals surface area contributed by atoms with Crippen molar-refractivity contribution in [3.05, 3.63) is 551 Å². The van der Waals surface area contributed by atoms with Gasteiger partial charge in [0.25, 0.3) is 11.4 Å². The van der Waals surface area contributed by atoms with Crippen LogP contribution in [0.3, 0.4) is 0 Å². The number of aromatic nitrogens is 5. The highest BCUT2D eigenvalue weighted by atomic mass is 79.9. The number of hydrogen-bond donors (Lipinski definition) is 1. The summed E-state index contributed by atoms with van der Waals surface area (Å²) in [6.45, 7) is 8.36. The third-order valence-corrected chi connectivity index (χ3v) is 31.6. The lowest BCUT2D eigenvalue weighted by atomic mass is 9.78. The normalized spacial score (nSPS) is 12.4. The van der Waals surface area contributed by atoms with Gasteiger partial charge in [0, 0.05) is 104 Å². The predicted octanol–water partition coefficient (Wildman–Crippen LogP) is 34.2. The van der Waals surface area contributed by atoms with Gasteiger partial charge in [-0.15, -0.1) is 0 Å². The van der Waals surface area contributed by atoms with E-state index in [1.165, 1.54) is 120 Å². The molecule has 1 N–H and O–H groups in total. The highest BCUT2D eigenvalue weighted by Gasteiger charge is 2.52. The van der Waals surface area contributed by atoms with Crippen molar-refractivity contribution < 1.29 is 19.2 Å². The standard InChI is InChI=1S/C30H20N2O2.C30H20N2.C24H24BNO2.C18H12BrN.C18H15P.C12H8BrNO2/c33-32(34)30-20-22(21-9-3-1-4-10-21)15-17-25(30)23-16-18-29-27(19-23)26-13-7-8-14-28(26)31(29)24-11-5-2-6-12-24;1-3-9-20(10-4-1)21-15-16-23-25-18-26-24-13-7-8-14-29(24)32(22-11-5-2-6-12-22)30(26)19-28(25)31-27(23)17-21;1-23(2)24(3,4)28-25(27-23)17-14-15-22-20(16-17)19-12-8-9-13-21(19)26(22)18-10-6-5-7-11-18;19-13-10-11-18-16(12-13)15-8-4-5-9-17(15)20(18)14-6-2-1-3-7-14;1-4-10-16(11-5-1)19(17-12-6-2-7-13-17)18-14-8-3-9-15-18;13-11-7-6-10(8-12(11)14(15)16)9-4-2-1-3-5-9/h1-20H;1-19,31H;5-16H,1-4H3;1-12H;1-15H;1-8H. The fourth-order valence-corrected chi connectivity index (χ4v) is 23.2. The second-order valence-corrected chi connectivity index (χ2v) is 41.7. The number of fused-ring (bicyclic) bond motifs is 15. The van der Waals surface area contributed by atoms with Crippen molar-refractivity contribution in [3.8, 4) is 67.3 Å². The average molecular weight is 2080 g/mol. The van der Waals surface area contributed by atoms with Gasteiger partial charge in [-0.3, -0.25) is 20.2 Å². The lowest BCUT2D eigenvalue weighted by Gasteiger charge is -2.32. The monoisotopic (exact) mass is 2080 g/mol. The van der Waals surface area contributed by atoms with Gasteiger partial charge in [0.2, 0.25) is 0 Å². The molecule has 27 rings (SSSR count). The number of para-hydroxylation sites is 8. The fourth-order valence-electron chi connectivity index (χ4n) is 20.2. The Morgan fingerprint density at radius 1 is 0.255 bits per heavy atom. The first-order valence-corrected chi connectivity index (χ1v) is 52.5. The lowest BCUT2D eigenvalue weighted by Crippen LogP contribution is -2.41. The molecule has 5 aromatic heterocycles. The number of nitro groups is 2. The molecule has 21 aromatic carbocycles. The SMILES string of the molecule is Brc1ccc2c(c1)c1ccccc1n2-c1ccccc1.CC1(C)OB(c2ccc3c(c2)c2ccccc2n3-c2ccccc2)OC1(C)C.O=[N+]([O-])c1cc(-c2ccccc2)ccc1-c1ccc2c(c1)c1ccccc1n2-c1ccccc1.O=[N+]([O-])c1cc(-c2ccccc2)ccc1Br.c1ccc(-c2ccc3c(c2)[nH]c2cc4c(cc23)c2ccccc2n4-c2ccccc2)cc1.c1ccc(P(c2ccccc2)c2ccccc2)cc1. The Morgan fingerprint density at radius 3 is 0.980 bits per heavy atom. The molecule has 6 heterocycles. The molecule has 1 aliphatic rings. The molecule has 0 radical (unpaired) electrons. The first-order chi connectivity index (χ1) is 72.9. The molecule has 0 bridgehead atoms. The van der Waals surface area contributed by atoms with Crippen LogP contribution in [-0.2, 0) is 9.31 Å². The van der Waals surface area contributed by atoms with Crippen LogP contribution in [0.1, 0.15) is 27.7 Å². The topological polar surface area (TPSA) is 140 Å². The molecular weight excluding hydrogens is 1980 g/mol. The Hall–Kier alpha value is -17.2. The fraction of sp³-hybridized carbons (Fsp3) is 0.0455. The molecule has 0 atom stereocenters. The summed E-state index contributed by atoms with van der Waals surface area (Å²) in [6, 6.07) is 179. The minimum absolute atomic E-state index is 0.0846. The number of H-pyrrole nitrogens is 1. The zero-order valence-electron chi connectivity index (χ0n) is 82.1. The molecule has 0 unspecified atom stereocenters. The highest BCUT2D eigenvalue weighted by molar-refractivity contribution is 9.10. The maximum absolute atomic E-state index is 12.0. The van der Waals surface area contributed by atoms with Gasteiger partial charge in [0.1, 0.15) is 0 Å². The number of nitrogens with one attached hydrogen (secondary N) is 1. The molecule has 0 saturated carbocycles. The first kappa shape index (κ1) is 96.6. The second kappa shape index (κ2) is 42.5. The zero-order valence-corrected chi connectivity index (χ0v) is 86.1. The molecule has 149 heavy (non-hydrogen) atoms. The third kappa shape index (κ3) is 19.7.